The van der Waals surface area contributed by atoms with E-state index in [2.05, 4.69) is 75.8 Å². The van der Waals surface area contributed by atoms with Gasteiger partial charge in [0.05, 0.1) is 18.2 Å². The number of aryl methyl sites for hydroxylation is 2. The quantitative estimate of drug-likeness (QED) is 0.683. The summed E-state index contributed by atoms with van der Waals surface area (Å²) in [6.45, 7) is 16.9. The Balaban J connectivity index is 2.79. The molecule has 0 fully saturated rings. The Morgan fingerprint density at radius 1 is 1.05 bits per heavy atom. The van der Waals surface area contributed by atoms with E-state index in [4.69, 9.17) is 0 Å². The Morgan fingerprint density at radius 3 is 2.14 bits per heavy atom. The molecule has 1 heterocycles. The molecule has 0 aliphatic heterocycles. The van der Waals surface area contributed by atoms with E-state index in [1.807, 2.05) is 0 Å². The van der Waals surface area contributed by atoms with Crippen LogP contribution in [0.3, 0.4) is 0 Å². The van der Waals surface area contributed by atoms with Crippen molar-refractivity contribution < 1.29 is 4.57 Å². The zero-order valence-electron chi connectivity index (χ0n) is 15.3. The molecule has 2 aromatic rings. The van der Waals surface area contributed by atoms with E-state index in [0.29, 0.717) is 6.04 Å². The van der Waals surface area contributed by atoms with Gasteiger partial charge in [0.1, 0.15) is 11.4 Å². The van der Waals surface area contributed by atoms with Crippen molar-refractivity contribution in [3.63, 3.8) is 0 Å². The van der Waals surface area contributed by atoms with Crippen LogP contribution in [0.4, 0.5) is 0 Å². The van der Waals surface area contributed by atoms with Crippen molar-refractivity contribution in [2.24, 2.45) is 0 Å². The van der Waals surface area contributed by atoms with E-state index < -0.39 is 0 Å². The minimum Gasteiger partial charge on any atom is -0.227 e. The largest absolute Gasteiger partial charge is 0.290 e. The molecular weight excluding hydrogens is 268 g/mol. The van der Waals surface area contributed by atoms with E-state index in [0.717, 1.165) is 6.54 Å². The van der Waals surface area contributed by atoms with E-state index in [1.54, 1.807) is 0 Å². The highest BCUT2D eigenvalue weighted by atomic mass is 15.2. The first-order valence-corrected chi connectivity index (χ1v) is 8.57. The zero-order chi connectivity index (χ0) is 16.4. The summed E-state index contributed by atoms with van der Waals surface area (Å²) >= 11 is 0. The molecule has 0 radical (unpaired) electrons. The molecule has 0 N–H and O–H groups in total. The standard InChI is InChI=1S/C20H31N2/c1-8-9-13-21-17(6)18(7)22(14(2)3)20(21)19-15(4)11-10-12-16(19)5/h10-12,14H,8-9,13H2,1-7H3/q+1. The van der Waals surface area contributed by atoms with Gasteiger partial charge in [-0.05, 0) is 45.2 Å². The molecule has 0 saturated heterocycles. The molecule has 120 valence electrons. The van der Waals surface area contributed by atoms with Crippen molar-refractivity contribution in [3.8, 4) is 11.4 Å². The lowest BCUT2D eigenvalue weighted by Crippen LogP contribution is -2.38. The fourth-order valence-corrected chi connectivity index (χ4v) is 3.46. The monoisotopic (exact) mass is 299 g/mol. The summed E-state index contributed by atoms with van der Waals surface area (Å²) in [6.07, 6.45) is 2.45. The topological polar surface area (TPSA) is 8.81 Å². The van der Waals surface area contributed by atoms with E-state index in [1.165, 1.54) is 46.7 Å². The Morgan fingerprint density at radius 2 is 1.64 bits per heavy atom. The fraction of sp³-hybridized carbons (Fsp3) is 0.550. The maximum Gasteiger partial charge on any atom is 0.290 e. The highest BCUT2D eigenvalue weighted by molar-refractivity contribution is 5.63. The molecule has 2 heteroatoms. The second-order valence-electron chi connectivity index (χ2n) is 6.73. The molecule has 0 bridgehead atoms. The summed E-state index contributed by atoms with van der Waals surface area (Å²) in [7, 11) is 0. The van der Waals surface area contributed by atoms with Gasteiger partial charge in [-0.1, -0.05) is 31.5 Å². The number of aromatic nitrogens is 2. The number of nitrogens with zero attached hydrogens (tertiary/aromatic N) is 2. The molecule has 0 amide bonds. The van der Waals surface area contributed by atoms with Gasteiger partial charge in [-0.3, -0.25) is 0 Å². The minimum absolute atomic E-state index is 0.468. The average molecular weight is 299 g/mol. The number of benzene rings is 1. The smallest absolute Gasteiger partial charge is 0.227 e. The Labute approximate surface area is 135 Å². The molecule has 22 heavy (non-hydrogen) atoms. The third kappa shape index (κ3) is 2.84. The zero-order valence-corrected chi connectivity index (χ0v) is 15.3. The maximum atomic E-state index is 2.54. The van der Waals surface area contributed by atoms with Gasteiger partial charge in [-0.25, -0.2) is 9.13 Å². The lowest BCUT2D eigenvalue weighted by atomic mass is 10.0. The van der Waals surface area contributed by atoms with Crippen LogP contribution < -0.4 is 4.57 Å². The molecule has 1 aromatic carbocycles. The molecule has 0 aliphatic rings. The van der Waals surface area contributed by atoms with Crippen molar-refractivity contribution in [1.82, 2.24) is 4.57 Å². The van der Waals surface area contributed by atoms with Gasteiger partial charge >= 0.3 is 0 Å². The molecule has 2 nitrogen and oxygen atoms in total. The Kier molecular flexibility index (Phi) is 5.10. The second-order valence-corrected chi connectivity index (χ2v) is 6.73. The van der Waals surface area contributed by atoms with Crippen molar-refractivity contribution >= 4 is 0 Å². The average Bonchev–Trinajstić information content (AvgIpc) is 2.69. The molecule has 1 aromatic heterocycles. The van der Waals surface area contributed by atoms with Crippen molar-refractivity contribution in [3.05, 3.63) is 40.7 Å². The normalized spacial score (nSPS) is 11.5. The van der Waals surface area contributed by atoms with E-state index in [9.17, 15) is 0 Å². The summed E-state index contributed by atoms with van der Waals surface area (Å²) in [5.41, 5.74) is 6.93. The van der Waals surface area contributed by atoms with Crippen LogP contribution >= 0.6 is 0 Å². The fourth-order valence-electron chi connectivity index (χ4n) is 3.46. The summed E-state index contributed by atoms with van der Waals surface area (Å²) in [4.78, 5) is 0. The van der Waals surface area contributed by atoms with Gasteiger partial charge in [0, 0.05) is 13.8 Å². The van der Waals surface area contributed by atoms with Crippen molar-refractivity contribution in [1.29, 1.82) is 0 Å². The first-order valence-electron chi connectivity index (χ1n) is 8.57. The number of unbranched alkanes of at least 4 members (excludes halogenated alkanes) is 1. The van der Waals surface area contributed by atoms with Crippen LogP contribution in [0, 0.1) is 27.7 Å². The Hall–Kier alpha value is -1.57. The molecular formula is C20H31N2+. The van der Waals surface area contributed by atoms with Crippen LogP contribution in [0.15, 0.2) is 18.2 Å². The van der Waals surface area contributed by atoms with Gasteiger partial charge in [0.15, 0.2) is 0 Å². The number of rotatable bonds is 5. The number of hydrogen-bond acceptors (Lipinski definition) is 0. The van der Waals surface area contributed by atoms with E-state index in [-0.39, 0.29) is 0 Å². The van der Waals surface area contributed by atoms with Gasteiger partial charge in [-0.15, -0.1) is 0 Å². The molecule has 0 saturated carbocycles. The van der Waals surface area contributed by atoms with Gasteiger partial charge < -0.3 is 0 Å². The molecule has 2 rings (SSSR count). The van der Waals surface area contributed by atoms with Crippen LogP contribution in [0.25, 0.3) is 11.4 Å². The number of imidazole rings is 1. The van der Waals surface area contributed by atoms with Crippen LogP contribution in [0.1, 0.15) is 62.2 Å². The number of hydrogen-bond donors (Lipinski definition) is 0. The highest BCUT2D eigenvalue weighted by Crippen LogP contribution is 2.29. The van der Waals surface area contributed by atoms with Crippen LogP contribution in [-0.2, 0) is 6.54 Å². The summed E-state index contributed by atoms with van der Waals surface area (Å²) in [6, 6.07) is 7.09. The second kappa shape index (κ2) is 6.68. The van der Waals surface area contributed by atoms with Crippen molar-refractivity contribution in [2.75, 3.05) is 0 Å². The van der Waals surface area contributed by atoms with Crippen molar-refractivity contribution in [2.45, 2.75) is 73.9 Å². The van der Waals surface area contributed by atoms with Crippen LogP contribution in [0.5, 0.6) is 0 Å². The molecule has 0 spiro atoms. The third-order valence-electron chi connectivity index (χ3n) is 4.73. The first kappa shape index (κ1) is 16.8. The van der Waals surface area contributed by atoms with Gasteiger partial charge in [-0.2, -0.15) is 0 Å². The molecule has 0 unspecified atom stereocenters. The molecule has 0 aliphatic carbocycles. The molecule has 0 atom stereocenters. The highest BCUT2D eigenvalue weighted by Gasteiger charge is 2.30. The SMILES string of the molecule is CCCC[n+]1c(C)c(C)n(C(C)C)c1-c1c(C)cccc1C. The predicted molar refractivity (Wildman–Crippen MR) is 94.3 cm³/mol. The lowest BCUT2D eigenvalue weighted by molar-refractivity contribution is -0.691. The van der Waals surface area contributed by atoms with Crippen LogP contribution in [-0.4, -0.2) is 4.57 Å². The first-order chi connectivity index (χ1) is 10.4. The minimum atomic E-state index is 0.468. The maximum absolute atomic E-state index is 2.54. The lowest BCUT2D eigenvalue weighted by Gasteiger charge is -2.13. The van der Waals surface area contributed by atoms with E-state index >= 15 is 0 Å². The predicted octanol–water partition coefficient (Wildman–Crippen LogP) is 5.06. The van der Waals surface area contributed by atoms with Crippen LogP contribution in [0.2, 0.25) is 0 Å². The Bertz CT molecular complexity index is 643. The van der Waals surface area contributed by atoms with Gasteiger partial charge in [0.25, 0.3) is 5.82 Å². The summed E-state index contributed by atoms with van der Waals surface area (Å²) in [5, 5.41) is 0. The summed E-state index contributed by atoms with van der Waals surface area (Å²) < 4.78 is 5.05. The summed E-state index contributed by atoms with van der Waals surface area (Å²) in [5.74, 6) is 1.38. The van der Waals surface area contributed by atoms with Gasteiger partial charge in [0.2, 0.25) is 0 Å². The third-order valence-corrected chi connectivity index (χ3v) is 4.73.